The van der Waals surface area contributed by atoms with Gasteiger partial charge in [-0.05, 0) is 36.1 Å². The average molecular weight is 420 g/mol. The van der Waals surface area contributed by atoms with E-state index in [1.54, 1.807) is 7.11 Å². The lowest BCUT2D eigenvalue weighted by molar-refractivity contribution is -0.117. The fourth-order valence-electron chi connectivity index (χ4n) is 2.51. The molecule has 1 aromatic heterocycles. The van der Waals surface area contributed by atoms with Crippen LogP contribution >= 0.6 is 11.8 Å². The molecule has 8 nitrogen and oxygen atoms in total. The van der Waals surface area contributed by atoms with E-state index in [1.165, 1.54) is 11.8 Å². The summed E-state index contributed by atoms with van der Waals surface area (Å²) in [6, 6.07) is 7.13. The van der Waals surface area contributed by atoms with E-state index in [0.717, 1.165) is 17.1 Å². The van der Waals surface area contributed by atoms with Crippen molar-refractivity contribution < 1.29 is 14.3 Å². The van der Waals surface area contributed by atoms with Crippen LogP contribution < -0.4 is 15.4 Å². The summed E-state index contributed by atoms with van der Waals surface area (Å²) < 4.78 is 7.21. The Morgan fingerprint density at radius 3 is 2.38 bits per heavy atom. The van der Waals surface area contributed by atoms with Gasteiger partial charge in [0, 0.05) is 18.7 Å². The maximum Gasteiger partial charge on any atom is 0.321 e. The number of hydrogen-bond acceptors (Lipinski definition) is 6. The molecule has 29 heavy (non-hydrogen) atoms. The van der Waals surface area contributed by atoms with Gasteiger partial charge in [-0.15, -0.1) is 10.2 Å². The highest BCUT2D eigenvalue weighted by molar-refractivity contribution is 7.99. The first kappa shape index (κ1) is 22.7. The molecular weight excluding hydrogens is 390 g/mol. The van der Waals surface area contributed by atoms with Crippen molar-refractivity contribution in [1.82, 2.24) is 25.4 Å². The predicted octanol–water partition coefficient (Wildman–Crippen LogP) is 3.18. The van der Waals surface area contributed by atoms with E-state index in [0.29, 0.717) is 30.1 Å². The molecule has 3 amide bonds. The van der Waals surface area contributed by atoms with E-state index in [1.807, 2.05) is 42.7 Å². The number of rotatable bonds is 9. The highest BCUT2D eigenvalue weighted by Gasteiger charge is 2.17. The number of aromatic nitrogens is 3. The molecule has 0 atom stereocenters. The molecule has 0 saturated heterocycles. The maximum absolute atomic E-state index is 12.1. The minimum absolute atomic E-state index is 0.0773. The number of amides is 3. The molecule has 1 aromatic carbocycles. The number of imide groups is 1. The zero-order chi connectivity index (χ0) is 21.4. The number of carbonyl (C=O) groups excluding carboxylic acids is 2. The first-order valence-electron chi connectivity index (χ1n) is 9.58. The molecule has 0 aliphatic rings. The molecule has 158 valence electrons. The van der Waals surface area contributed by atoms with Gasteiger partial charge in [-0.3, -0.25) is 10.1 Å². The quantitative estimate of drug-likeness (QED) is 0.606. The largest absolute Gasteiger partial charge is 0.497 e. The van der Waals surface area contributed by atoms with Gasteiger partial charge >= 0.3 is 6.03 Å². The molecule has 0 aliphatic carbocycles. The molecule has 0 bridgehead atoms. The van der Waals surface area contributed by atoms with Crippen molar-refractivity contribution in [3.8, 4) is 17.1 Å². The van der Waals surface area contributed by atoms with Crippen LogP contribution in [-0.2, 0) is 11.3 Å². The Labute approximate surface area is 175 Å². The second kappa shape index (κ2) is 10.8. The number of nitrogens with zero attached hydrogens (tertiary/aromatic N) is 3. The fraction of sp³-hybridized carbons (Fsp3) is 0.500. The molecule has 2 rings (SSSR count). The molecule has 2 N–H and O–H groups in total. The molecule has 0 unspecified atom stereocenters. The Hall–Kier alpha value is -2.55. The molecule has 0 fully saturated rings. The molecule has 2 aromatic rings. The predicted molar refractivity (Wildman–Crippen MR) is 114 cm³/mol. The van der Waals surface area contributed by atoms with Gasteiger partial charge < -0.3 is 14.6 Å². The van der Waals surface area contributed by atoms with Gasteiger partial charge in [-0.1, -0.05) is 39.5 Å². The van der Waals surface area contributed by atoms with E-state index in [-0.39, 0.29) is 11.7 Å². The monoisotopic (exact) mass is 419 g/mol. The van der Waals surface area contributed by atoms with Crippen LogP contribution in [0.3, 0.4) is 0 Å². The van der Waals surface area contributed by atoms with Crippen molar-refractivity contribution in [1.29, 1.82) is 0 Å². The van der Waals surface area contributed by atoms with Crippen molar-refractivity contribution in [3.63, 3.8) is 0 Å². The molecular formula is C20H29N5O3S. The van der Waals surface area contributed by atoms with E-state index < -0.39 is 6.03 Å². The van der Waals surface area contributed by atoms with Crippen molar-refractivity contribution in [2.75, 3.05) is 19.4 Å². The highest BCUT2D eigenvalue weighted by Crippen LogP contribution is 2.26. The lowest BCUT2D eigenvalue weighted by Crippen LogP contribution is -2.41. The first-order valence-corrected chi connectivity index (χ1v) is 10.6. The molecule has 0 spiro atoms. The highest BCUT2D eigenvalue weighted by atomic mass is 32.2. The Balaban J connectivity index is 2.07. The number of benzene rings is 1. The van der Waals surface area contributed by atoms with Gasteiger partial charge in [0.1, 0.15) is 5.75 Å². The van der Waals surface area contributed by atoms with Crippen molar-refractivity contribution >= 4 is 23.7 Å². The number of methoxy groups -OCH3 is 1. The zero-order valence-electron chi connectivity index (χ0n) is 17.6. The summed E-state index contributed by atoms with van der Waals surface area (Å²) in [5.41, 5.74) is 0.920. The first-order chi connectivity index (χ1) is 13.8. The third-order valence-corrected chi connectivity index (χ3v) is 4.84. The Bertz CT molecular complexity index is 818. The molecule has 0 aliphatic heterocycles. The maximum atomic E-state index is 12.1. The minimum atomic E-state index is -0.480. The molecule has 0 saturated carbocycles. The summed E-state index contributed by atoms with van der Waals surface area (Å²) in [6.45, 7) is 9.42. The Kier molecular flexibility index (Phi) is 8.50. The lowest BCUT2D eigenvalue weighted by atomic mass is 10.2. The Morgan fingerprint density at radius 2 is 1.79 bits per heavy atom. The third-order valence-electron chi connectivity index (χ3n) is 3.87. The fourth-order valence-corrected chi connectivity index (χ4v) is 3.26. The number of ether oxygens (including phenoxy) is 1. The SMILES string of the molecule is COc1ccc(-c2nnc(SCC(=O)NC(=O)NCC(C)C)n2CC(C)C)cc1. The summed E-state index contributed by atoms with van der Waals surface area (Å²) in [4.78, 5) is 23.8. The summed E-state index contributed by atoms with van der Waals surface area (Å²) in [5.74, 6) is 1.90. The summed E-state index contributed by atoms with van der Waals surface area (Å²) in [6.07, 6.45) is 0. The lowest BCUT2D eigenvalue weighted by Gasteiger charge is -2.13. The average Bonchev–Trinajstić information content (AvgIpc) is 3.06. The van der Waals surface area contributed by atoms with Gasteiger partial charge in [0.25, 0.3) is 0 Å². The van der Waals surface area contributed by atoms with Gasteiger partial charge in [0.15, 0.2) is 11.0 Å². The van der Waals surface area contributed by atoms with Gasteiger partial charge in [-0.2, -0.15) is 0 Å². The van der Waals surface area contributed by atoms with Crippen LogP contribution in [-0.4, -0.2) is 46.1 Å². The second-order valence-electron chi connectivity index (χ2n) is 7.48. The van der Waals surface area contributed by atoms with Crippen LogP contribution in [0, 0.1) is 11.8 Å². The number of nitrogens with one attached hydrogen (secondary N) is 2. The molecule has 1 heterocycles. The summed E-state index contributed by atoms with van der Waals surface area (Å²) in [5, 5.41) is 14.2. The number of hydrogen-bond donors (Lipinski definition) is 2. The van der Waals surface area contributed by atoms with Crippen molar-refractivity contribution in [3.05, 3.63) is 24.3 Å². The summed E-state index contributed by atoms with van der Waals surface area (Å²) >= 11 is 1.26. The Morgan fingerprint density at radius 1 is 1.10 bits per heavy atom. The van der Waals surface area contributed by atoms with Crippen molar-refractivity contribution in [2.45, 2.75) is 39.4 Å². The van der Waals surface area contributed by atoms with Crippen LogP contribution in [0.2, 0.25) is 0 Å². The number of thioether (sulfide) groups is 1. The van der Waals surface area contributed by atoms with Crippen LogP contribution in [0.5, 0.6) is 5.75 Å². The minimum Gasteiger partial charge on any atom is -0.497 e. The normalized spacial score (nSPS) is 11.0. The van der Waals surface area contributed by atoms with E-state index in [9.17, 15) is 9.59 Å². The van der Waals surface area contributed by atoms with Gasteiger partial charge in [0.05, 0.1) is 12.9 Å². The van der Waals surface area contributed by atoms with E-state index in [2.05, 4.69) is 34.7 Å². The van der Waals surface area contributed by atoms with E-state index in [4.69, 9.17) is 4.74 Å². The summed E-state index contributed by atoms with van der Waals surface area (Å²) in [7, 11) is 1.62. The zero-order valence-corrected chi connectivity index (χ0v) is 18.4. The van der Waals surface area contributed by atoms with Gasteiger partial charge in [0.2, 0.25) is 5.91 Å². The van der Waals surface area contributed by atoms with Crippen LogP contribution in [0.25, 0.3) is 11.4 Å². The number of urea groups is 1. The molecule has 9 heteroatoms. The van der Waals surface area contributed by atoms with Gasteiger partial charge in [-0.25, -0.2) is 4.79 Å². The van der Waals surface area contributed by atoms with Crippen LogP contribution in [0.1, 0.15) is 27.7 Å². The standard InChI is InChI=1S/C20H29N5O3S/c1-13(2)10-21-19(27)22-17(26)12-29-20-24-23-18(25(20)11-14(3)4)15-6-8-16(28-5)9-7-15/h6-9,13-14H,10-12H2,1-5H3,(H2,21,22,26,27). The topological polar surface area (TPSA) is 98.1 Å². The van der Waals surface area contributed by atoms with Crippen molar-refractivity contribution in [2.24, 2.45) is 11.8 Å². The number of carbonyl (C=O) groups is 2. The van der Waals surface area contributed by atoms with Crippen LogP contribution in [0.4, 0.5) is 4.79 Å². The third kappa shape index (κ3) is 7.08. The van der Waals surface area contributed by atoms with Crippen LogP contribution in [0.15, 0.2) is 29.4 Å². The van der Waals surface area contributed by atoms with E-state index >= 15 is 0 Å². The molecule has 0 radical (unpaired) electrons. The smallest absolute Gasteiger partial charge is 0.321 e. The second-order valence-corrected chi connectivity index (χ2v) is 8.42.